The summed E-state index contributed by atoms with van der Waals surface area (Å²) in [6.45, 7) is 2.84. The van der Waals surface area contributed by atoms with Crippen LogP contribution in [0, 0.1) is 0 Å². The predicted octanol–water partition coefficient (Wildman–Crippen LogP) is 6.11. The lowest BCUT2D eigenvalue weighted by atomic mass is 9.96. The molecule has 0 bridgehead atoms. The van der Waals surface area contributed by atoms with Crippen LogP contribution in [0.15, 0.2) is 58.3 Å². The molecule has 0 saturated heterocycles. The molecule has 2 amide bonds. The van der Waals surface area contributed by atoms with Gasteiger partial charge in [-0.1, -0.05) is 62.6 Å². The maximum absolute atomic E-state index is 13.1. The van der Waals surface area contributed by atoms with Crippen molar-refractivity contribution in [3.8, 4) is 0 Å². The van der Waals surface area contributed by atoms with Gasteiger partial charge in [-0.25, -0.2) is 4.79 Å². The number of nitrogens with one attached hydrogen (secondary N) is 1. The number of hydrogen-bond donors (Lipinski definition) is 2. The average Bonchev–Trinajstić information content (AvgIpc) is 2.76. The van der Waals surface area contributed by atoms with Crippen LogP contribution in [0.4, 0.5) is 10.5 Å². The van der Waals surface area contributed by atoms with E-state index in [0.717, 1.165) is 46.7 Å². The van der Waals surface area contributed by atoms with Crippen LogP contribution in [0.5, 0.6) is 0 Å². The lowest BCUT2D eigenvalue weighted by Gasteiger charge is -2.28. The molecule has 166 valence electrons. The molecule has 6 heteroatoms. The number of carbonyl (C=O) groups excluding carboxylic acids is 1. The first-order chi connectivity index (χ1) is 15.0. The Balaban J connectivity index is 1.70. The summed E-state index contributed by atoms with van der Waals surface area (Å²) in [5.41, 5.74) is 1.70. The summed E-state index contributed by atoms with van der Waals surface area (Å²) in [7, 11) is 0. The highest BCUT2D eigenvalue weighted by molar-refractivity contribution is 7.99. The molecule has 5 nitrogen and oxygen atoms in total. The number of aliphatic carboxylic acids is 1. The van der Waals surface area contributed by atoms with Crippen molar-refractivity contribution in [1.82, 2.24) is 5.32 Å². The van der Waals surface area contributed by atoms with Gasteiger partial charge in [0.05, 0.1) is 6.42 Å². The quantitative estimate of drug-likeness (QED) is 0.493. The molecule has 0 atom stereocenters. The summed E-state index contributed by atoms with van der Waals surface area (Å²) in [5.74, 6) is -0.827. The Bertz CT molecular complexity index is 863. The fourth-order valence-corrected chi connectivity index (χ4v) is 4.74. The second-order valence-electron chi connectivity index (χ2n) is 8.10. The normalized spacial score (nSPS) is 14.2. The molecule has 1 aliphatic rings. The van der Waals surface area contributed by atoms with Gasteiger partial charge < -0.3 is 10.4 Å². The first kappa shape index (κ1) is 23.2. The monoisotopic (exact) mass is 440 g/mol. The fourth-order valence-electron chi connectivity index (χ4n) is 3.86. The number of unbranched alkanes of at least 4 members (excludes halogenated alkanes) is 1. The van der Waals surface area contributed by atoms with E-state index >= 15 is 0 Å². The third kappa shape index (κ3) is 7.31. The maximum atomic E-state index is 13.1. The first-order valence-corrected chi connectivity index (χ1v) is 12.0. The second kappa shape index (κ2) is 11.8. The number of amides is 2. The van der Waals surface area contributed by atoms with E-state index in [1.807, 2.05) is 47.4 Å². The van der Waals surface area contributed by atoms with Crippen molar-refractivity contribution >= 4 is 29.4 Å². The van der Waals surface area contributed by atoms with E-state index in [1.165, 1.54) is 19.3 Å². The van der Waals surface area contributed by atoms with Gasteiger partial charge in [0.2, 0.25) is 0 Å². The van der Waals surface area contributed by atoms with Crippen LogP contribution >= 0.6 is 11.8 Å². The van der Waals surface area contributed by atoms with Crippen LogP contribution in [-0.4, -0.2) is 29.7 Å². The molecule has 0 radical (unpaired) electrons. The first-order valence-electron chi connectivity index (χ1n) is 11.2. The number of carboxylic acid groups (broad SMARTS) is 1. The van der Waals surface area contributed by atoms with Gasteiger partial charge in [-0.05, 0) is 55.2 Å². The molecule has 31 heavy (non-hydrogen) atoms. The molecule has 0 aromatic heterocycles. The van der Waals surface area contributed by atoms with E-state index in [1.54, 1.807) is 11.8 Å². The Kier molecular flexibility index (Phi) is 8.83. The number of anilines is 1. The maximum Gasteiger partial charge on any atom is 0.322 e. The molecule has 0 unspecified atom stereocenters. The smallest absolute Gasteiger partial charge is 0.322 e. The number of nitrogens with zero attached hydrogens (tertiary/aromatic N) is 1. The SMILES string of the molecule is CCCCN(C(=O)NC1CCCCC1)c1cccc(Sc2ccc(CC(=O)O)cc2)c1. The molecule has 0 aliphatic heterocycles. The number of hydrogen-bond acceptors (Lipinski definition) is 3. The highest BCUT2D eigenvalue weighted by atomic mass is 32.2. The fraction of sp³-hybridized carbons (Fsp3) is 0.440. The predicted molar refractivity (Wildman–Crippen MR) is 126 cm³/mol. The lowest BCUT2D eigenvalue weighted by molar-refractivity contribution is -0.136. The summed E-state index contributed by atoms with van der Waals surface area (Å²) in [5, 5.41) is 12.2. The summed E-state index contributed by atoms with van der Waals surface area (Å²) in [6, 6.07) is 16.0. The summed E-state index contributed by atoms with van der Waals surface area (Å²) in [4.78, 5) is 27.9. The standard InChI is InChI=1S/C25H32N2O3S/c1-2-3-16-27(25(30)26-20-8-5-4-6-9-20)21-10-7-11-23(18-21)31-22-14-12-19(13-15-22)17-24(28)29/h7,10-15,18,20H,2-6,8-9,16-17H2,1H3,(H,26,30)(H,28,29). The summed E-state index contributed by atoms with van der Waals surface area (Å²) >= 11 is 1.61. The third-order valence-electron chi connectivity index (χ3n) is 5.56. The van der Waals surface area contributed by atoms with Crippen LogP contribution in [0.3, 0.4) is 0 Å². The number of carbonyl (C=O) groups is 2. The highest BCUT2D eigenvalue weighted by Crippen LogP contribution is 2.31. The van der Waals surface area contributed by atoms with E-state index in [-0.39, 0.29) is 18.5 Å². The van der Waals surface area contributed by atoms with Crippen LogP contribution in [0.1, 0.15) is 57.4 Å². The minimum absolute atomic E-state index is 0.000485. The Labute approximate surface area is 189 Å². The number of urea groups is 1. The van der Waals surface area contributed by atoms with Gasteiger partial charge in [-0.15, -0.1) is 0 Å². The van der Waals surface area contributed by atoms with Gasteiger partial charge in [0.25, 0.3) is 0 Å². The van der Waals surface area contributed by atoms with Crippen molar-refractivity contribution in [1.29, 1.82) is 0 Å². The molecular weight excluding hydrogens is 408 g/mol. The Hall–Kier alpha value is -2.47. The van der Waals surface area contributed by atoms with E-state index < -0.39 is 5.97 Å². The van der Waals surface area contributed by atoms with E-state index in [4.69, 9.17) is 5.11 Å². The topological polar surface area (TPSA) is 69.6 Å². The van der Waals surface area contributed by atoms with Gasteiger partial charge in [0.15, 0.2) is 0 Å². The van der Waals surface area contributed by atoms with Crippen molar-refractivity contribution in [2.75, 3.05) is 11.4 Å². The Morgan fingerprint density at radius 2 is 1.81 bits per heavy atom. The van der Waals surface area contributed by atoms with E-state index in [0.29, 0.717) is 6.54 Å². The molecule has 3 rings (SSSR count). The van der Waals surface area contributed by atoms with Crippen LogP contribution in [-0.2, 0) is 11.2 Å². The zero-order chi connectivity index (χ0) is 22.1. The molecular formula is C25H32N2O3S. The molecule has 1 aliphatic carbocycles. The molecule has 2 N–H and O–H groups in total. The molecule has 2 aromatic rings. The van der Waals surface area contributed by atoms with Crippen molar-refractivity contribution in [3.63, 3.8) is 0 Å². The molecule has 0 heterocycles. The summed E-state index contributed by atoms with van der Waals surface area (Å²) in [6.07, 6.45) is 7.81. The minimum atomic E-state index is -0.827. The molecule has 1 fully saturated rings. The Morgan fingerprint density at radius 1 is 1.06 bits per heavy atom. The second-order valence-corrected chi connectivity index (χ2v) is 9.25. The summed E-state index contributed by atoms with van der Waals surface area (Å²) < 4.78 is 0. The zero-order valence-corrected chi connectivity index (χ0v) is 19.0. The van der Waals surface area contributed by atoms with Gasteiger partial charge in [-0.3, -0.25) is 9.69 Å². The largest absolute Gasteiger partial charge is 0.481 e. The van der Waals surface area contributed by atoms with Crippen LogP contribution < -0.4 is 10.2 Å². The van der Waals surface area contributed by atoms with Gasteiger partial charge >= 0.3 is 12.0 Å². The lowest BCUT2D eigenvalue weighted by Crippen LogP contribution is -2.46. The van der Waals surface area contributed by atoms with Crippen LogP contribution in [0.2, 0.25) is 0 Å². The number of rotatable bonds is 9. The highest BCUT2D eigenvalue weighted by Gasteiger charge is 2.21. The van der Waals surface area contributed by atoms with Crippen LogP contribution in [0.25, 0.3) is 0 Å². The third-order valence-corrected chi connectivity index (χ3v) is 6.55. The zero-order valence-electron chi connectivity index (χ0n) is 18.2. The van der Waals surface area contributed by atoms with Gasteiger partial charge in [-0.2, -0.15) is 0 Å². The molecule has 2 aromatic carbocycles. The van der Waals surface area contributed by atoms with Crippen molar-refractivity contribution in [3.05, 3.63) is 54.1 Å². The van der Waals surface area contributed by atoms with Gasteiger partial charge in [0.1, 0.15) is 0 Å². The minimum Gasteiger partial charge on any atom is -0.481 e. The van der Waals surface area contributed by atoms with Gasteiger partial charge in [0, 0.05) is 28.1 Å². The Morgan fingerprint density at radius 3 is 2.48 bits per heavy atom. The van der Waals surface area contributed by atoms with E-state index in [2.05, 4.69) is 18.3 Å². The number of benzene rings is 2. The average molecular weight is 441 g/mol. The van der Waals surface area contributed by atoms with Crippen molar-refractivity contribution < 1.29 is 14.7 Å². The van der Waals surface area contributed by atoms with Crippen molar-refractivity contribution in [2.24, 2.45) is 0 Å². The molecule has 1 saturated carbocycles. The molecule has 0 spiro atoms. The van der Waals surface area contributed by atoms with E-state index in [9.17, 15) is 9.59 Å². The number of carboxylic acids is 1. The van der Waals surface area contributed by atoms with Crippen molar-refractivity contribution in [2.45, 2.75) is 74.1 Å².